The maximum atomic E-state index is 4.70. The summed E-state index contributed by atoms with van der Waals surface area (Å²) in [6, 6.07) is 0.638. The Balaban J connectivity index is 1.78. The normalized spacial score (nSPS) is 26.4. The lowest BCUT2D eigenvalue weighted by molar-refractivity contribution is 0.438. The average Bonchev–Trinajstić information content (AvgIpc) is 2.83. The number of thioether (sulfide) groups is 1. The number of piperidine rings is 1. The van der Waals surface area contributed by atoms with E-state index in [1.54, 1.807) is 0 Å². The molecule has 0 aromatic carbocycles. The van der Waals surface area contributed by atoms with Crippen LogP contribution in [0.4, 0.5) is 0 Å². The van der Waals surface area contributed by atoms with Crippen molar-refractivity contribution < 1.29 is 0 Å². The first kappa shape index (κ1) is 12.5. The highest BCUT2D eigenvalue weighted by molar-refractivity contribution is 7.99. The van der Waals surface area contributed by atoms with E-state index in [-0.39, 0.29) is 0 Å². The summed E-state index contributed by atoms with van der Waals surface area (Å²) in [6.07, 6.45) is 7.33. The molecule has 1 N–H and O–H groups in total. The fourth-order valence-corrected chi connectivity index (χ4v) is 4.37. The summed E-state index contributed by atoms with van der Waals surface area (Å²) in [7, 11) is 0. The minimum atomic E-state index is 0.638. The Morgan fingerprint density at radius 1 is 1.33 bits per heavy atom. The van der Waals surface area contributed by atoms with Crippen LogP contribution in [0.3, 0.4) is 0 Å². The second-order valence-electron chi connectivity index (χ2n) is 5.53. The van der Waals surface area contributed by atoms with Gasteiger partial charge in [0.1, 0.15) is 0 Å². The first-order chi connectivity index (χ1) is 8.86. The van der Waals surface area contributed by atoms with E-state index in [1.165, 1.54) is 48.4 Å². The van der Waals surface area contributed by atoms with Gasteiger partial charge in [0, 0.05) is 11.4 Å². The third kappa shape index (κ3) is 2.45. The van der Waals surface area contributed by atoms with Gasteiger partial charge in [0.25, 0.3) is 0 Å². The molecule has 1 unspecified atom stereocenters. The van der Waals surface area contributed by atoms with Crippen molar-refractivity contribution in [3.05, 3.63) is 17.5 Å². The molecule has 100 valence electrons. The number of hydrogen-bond acceptors (Lipinski definition) is 3. The van der Waals surface area contributed by atoms with Crippen molar-refractivity contribution >= 4 is 11.8 Å². The summed E-state index contributed by atoms with van der Waals surface area (Å²) in [4.78, 5) is 0. The Bertz CT molecular complexity index is 354. The van der Waals surface area contributed by atoms with Gasteiger partial charge in [-0.05, 0) is 62.9 Å². The monoisotopic (exact) mass is 265 g/mol. The molecule has 4 heteroatoms. The van der Waals surface area contributed by atoms with Gasteiger partial charge >= 0.3 is 0 Å². The summed E-state index contributed by atoms with van der Waals surface area (Å²) < 4.78 is 2.31. The largest absolute Gasteiger partial charge is 0.317 e. The standard InChI is InChI=1S/C14H23N3S/c1-11-14(12-4-6-15-7-5-12)9-16-17(11)13-3-2-8-18-10-13/h9,12-13,15H,2-8,10H2,1H3. The summed E-state index contributed by atoms with van der Waals surface area (Å²) in [6.45, 7) is 4.59. The number of nitrogens with one attached hydrogen (secondary N) is 1. The van der Waals surface area contributed by atoms with E-state index < -0.39 is 0 Å². The Morgan fingerprint density at radius 3 is 2.89 bits per heavy atom. The van der Waals surface area contributed by atoms with Gasteiger partial charge in [-0.25, -0.2) is 0 Å². The molecule has 18 heavy (non-hydrogen) atoms. The van der Waals surface area contributed by atoms with Gasteiger partial charge in [-0.2, -0.15) is 16.9 Å². The van der Waals surface area contributed by atoms with Crippen molar-refractivity contribution in [2.45, 2.75) is 44.6 Å². The van der Waals surface area contributed by atoms with Gasteiger partial charge in [0.2, 0.25) is 0 Å². The first-order valence-electron chi connectivity index (χ1n) is 7.18. The fraction of sp³-hybridized carbons (Fsp3) is 0.786. The zero-order chi connectivity index (χ0) is 12.4. The Labute approximate surface area is 114 Å². The molecule has 1 aromatic heterocycles. The predicted octanol–water partition coefficient (Wildman–Crippen LogP) is 2.73. The minimum absolute atomic E-state index is 0.638. The third-order valence-corrected chi connectivity index (χ3v) is 5.54. The van der Waals surface area contributed by atoms with E-state index >= 15 is 0 Å². The molecular formula is C14H23N3S. The predicted molar refractivity (Wildman–Crippen MR) is 77.4 cm³/mol. The molecule has 2 aliphatic heterocycles. The van der Waals surface area contributed by atoms with Crippen LogP contribution in [0.15, 0.2) is 6.20 Å². The van der Waals surface area contributed by atoms with Crippen LogP contribution in [-0.2, 0) is 0 Å². The van der Waals surface area contributed by atoms with E-state index in [9.17, 15) is 0 Å². The zero-order valence-electron chi connectivity index (χ0n) is 11.2. The fourth-order valence-electron chi connectivity index (χ4n) is 3.26. The molecular weight excluding hydrogens is 242 g/mol. The van der Waals surface area contributed by atoms with Crippen LogP contribution in [-0.4, -0.2) is 34.4 Å². The van der Waals surface area contributed by atoms with Gasteiger partial charge in [-0.3, -0.25) is 4.68 Å². The van der Waals surface area contributed by atoms with Gasteiger partial charge < -0.3 is 5.32 Å². The van der Waals surface area contributed by atoms with Gasteiger partial charge in [0.05, 0.1) is 12.2 Å². The Kier molecular flexibility index (Phi) is 3.94. The summed E-state index contributed by atoms with van der Waals surface area (Å²) >= 11 is 2.08. The molecule has 2 aliphatic rings. The zero-order valence-corrected chi connectivity index (χ0v) is 12.0. The average molecular weight is 265 g/mol. The van der Waals surface area contributed by atoms with Gasteiger partial charge in [-0.1, -0.05) is 0 Å². The SMILES string of the molecule is Cc1c(C2CCNCC2)cnn1C1CCCSC1. The van der Waals surface area contributed by atoms with E-state index in [4.69, 9.17) is 5.10 Å². The minimum Gasteiger partial charge on any atom is -0.317 e. The van der Waals surface area contributed by atoms with Crippen LogP contribution in [0.25, 0.3) is 0 Å². The molecule has 1 atom stereocenters. The molecule has 3 nitrogen and oxygen atoms in total. The van der Waals surface area contributed by atoms with Gasteiger partial charge in [0.15, 0.2) is 0 Å². The van der Waals surface area contributed by atoms with Crippen molar-refractivity contribution in [2.75, 3.05) is 24.6 Å². The van der Waals surface area contributed by atoms with Crippen molar-refractivity contribution in [1.82, 2.24) is 15.1 Å². The second-order valence-corrected chi connectivity index (χ2v) is 6.67. The molecule has 1 aromatic rings. The number of aromatic nitrogens is 2. The van der Waals surface area contributed by atoms with E-state index in [2.05, 4.69) is 34.9 Å². The summed E-state index contributed by atoms with van der Waals surface area (Å²) in [5.74, 6) is 3.31. The molecule has 2 fully saturated rings. The van der Waals surface area contributed by atoms with E-state index in [0.717, 1.165) is 19.0 Å². The lowest BCUT2D eigenvalue weighted by atomic mass is 9.91. The lowest BCUT2D eigenvalue weighted by Crippen LogP contribution is -2.27. The number of hydrogen-bond donors (Lipinski definition) is 1. The van der Waals surface area contributed by atoms with E-state index in [1.807, 2.05) is 0 Å². The smallest absolute Gasteiger partial charge is 0.0613 e. The van der Waals surface area contributed by atoms with Crippen molar-refractivity contribution in [1.29, 1.82) is 0 Å². The van der Waals surface area contributed by atoms with Crippen molar-refractivity contribution in [2.24, 2.45) is 0 Å². The topological polar surface area (TPSA) is 29.9 Å². The molecule has 0 aliphatic carbocycles. The lowest BCUT2D eigenvalue weighted by Gasteiger charge is -2.25. The molecule has 2 saturated heterocycles. The Hall–Kier alpha value is -0.480. The second kappa shape index (κ2) is 5.66. The molecule has 0 spiro atoms. The van der Waals surface area contributed by atoms with Crippen LogP contribution in [0.5, 0.6) is 0 Å². The highest BCUT2D eigenvalue weighted by atomic mass is 32.2. The number of nitrogens with zero attached hydrogens (tertiary/aromatic N) is 2. The van der Waals surface area contributed by atoms with Crippen LogP contribution >= 0.6 is 11.8 Å². The highest BCUT2D eigenvalue weighted by Gasteiger charge is 2.23. The van der Waals surface area contributed by atoms with E-state index in [0.29, 0.717) is 6.04 Å². The molecule has 3 heterocycles. The summed E-state index contributed by atoms with van der Waals surface area (Å²) in [5, 5.41) is 8.14. The van der Waals surface area contributed by atoms with Gasteiger partial charge in [-0.15, -0.1) is 0 Å². The quantitative estimate of drug-likeness (QED) is 0.891. The first-order valence-corrected chi connectivity index (χ1v) is 8.34. The molecule has 0 radical (unpaired) electrons. The van der Waals surface area contributed by atoms with Crippen LogP contribution < -0.4 is 5.32 Å². The molecule has 0 saturated carbocycles. The Morgan fingerprint density at radius 2 is 2.17 bits per heavy atom. The van der Waals surface area contributed by atoms with Crippen LogP contribution in [0.2, 0.25) is 0 Å². The molecule has 0 amide bonds. The maximum Gasteiger partial charge on any atom is 0.0613 e. The van der Waals surface area contributed by atoms with Crippen molar-refractivity contribution in [3.63, 3.8) is 0 Å². The molecule has 3 rings (SSSR count). The van der Waals surface area contributed by atoms with Crippen LogP contribution in [0.1, 0.15) is 48.9 Å². The van der Waals surface area contributed by atoms with Crippen LogP contribution in [0, 0.1) is 6.92 Å². The van der Waals surface area contributed by atoms with Crippen molar-refractivity contribution in [3.8, 4) is 0 Å². The number of rotatable bonds is 2. The maximum absolute atomic E-state index is 4.70. The highest BCUT2D eigenvalue weighted by Crippen LogP contribution is 2.32. The summed E-state index contributed by atoms with van der Waals surface area (Å²) in [5.41, 5.74) is 2.93. The molecule has 0 bridgehead atoms. The third-order valence-electron chi connectivity index (χ3n) is 4.34.